The molecule has 10 heteroatoms. The predicted octanol–water partition coefficient (Wildman–Crippen LogP) is 1.61. The molecule has 1 unspecified atom stereocenters. The van der Waals surface area contributed by atoms with Crippen LogP contribution in [0.25, 0.3) is 11.8 Å². The van der Waals surface area contributed by atoms with Gasteiger partial charge in [-0.3, -0.25) is 4.79 Å². The Balaban J connectivity index is 1.65. The average molecular weight is 552 g/mol. The normalized spacial score (nSPS) is 20.1. The second-order valence-electron chi connectivity index (χ2n) is 11.5. The molecule has 9 nitrogen and oxygen atoms in total. The van der Waals surface area contributed by atoms with E-state index in [4.69, 9.17) is 20.2 Å². The smallest absolute Gasteiger partial charge is 0.355 e. The summed E-state index contributed by atoms with van der Waals surface area (Å²) in [5, 5.41) is 24.0. The molecule has 0 fully saturated rings. The van der Waals surface area contributed by atoms with E-state index in [9.17, 15) is 19.8 Å². The number of benzene rings is 1. The molecule has 1 atom stereocenters. The van der Waals surface area contributed by atoms with Gasteiger partial charge in [-0.15, -0.1) is 0 Å². The molecule has 0 spiro atoms. The number of rotatable bonds is 7. The molecule has 1 aromatic carbocycles. The average Bonchev–Trinajstić information content (AvgIpc) is 3.24. The van der Waals surface area contributed by atoms with E-state index < -0.39 is 25.6 Å². The van der Waals surface area contributed by atoms with Gasteiger partial charge in [-0.1, -0.05) is 39.1 Å². The Hall–Kier alpha value is -3.37. The Bertz CT molecular complexity index is 1540. The van der Waals surface area contributed by atoms with Gasteiger partial charge in [0.25, 0.3) is 0 Å². The fraction of sp³-hybridized carbons (Fsp3) is 0.483. The molecule has 5 rings (SSSR count). The molecular weight excluding hydrogens is 514 g/mol. The number of aromatic nitrogens is 2. The zero-order valence-electron chi connectivity index (χ0n) is 23.3. The number of aliphatic hydroxyl groups excluding tert-OH is 1. The lowest BCUT2D eigenvalue weighted by Crippen LogP contribution is -2.52. The Morgan fingerprint density at radius 3 is 2.72 bits per heavy atom. The first kappa shape index (κ1) is 27.2. The first-order chi connectivity index (χ1) is 18.4. The molecule has 4 N–H and O–H groups in total. The molecule has 208 valence electrons. The Morgan fingerprint density at radius 1 is 1.31 bits per heavy atom. The maximum absolute atomic E-state index is 13.1. The molecule has 3 aliphatic rings. The van der Waals surface area contributed by atoms with Crippen LogP contribution < -0.4 is 21.7 Å². The third-order valence-corrected chi connectivity index (χ3v) is 13.6. The molecule has 2 aliphatic heterocycles. The predicted molar refractivity (Wildman–Crippen MR) is 150 cm³/mol. The zero-order valence-corrected chi connectivity index (χ0v) is 24.3. The number of imidazole rings is 1. The zero-order chi connectivity index (χ0) is 28.3. The van der Waals surface area contributed by atoms with Gasteiger partial charge in [0, 0.05) is 24.0 Å². The fourth-order valence-corrected chi connectivity index (χ4v) is 7.99. The second kappa shape index (κ2) is 9.67. The van der Waals surface area contributed by atoms with Crippen molar-refractivity contribution in [3.8, 4) is 5.75 Å². The van der Waals surface area contributed by atoms with Crippen LogP contribution in [0.4, 0.5) is 0 Å². The standard InChI is InChI=1S/C29H37N3O6Si/c1-6-29(38-25(34)8-7-9-30)21-13-22-26(27(35)20(21)15-37-28(29)36)32-14-19-17(11-24(32)31-22)10-18(33)12-23(19)39(4,5)16(2)3/h10-12,16,33,35H,6-9,13-15,30H2,1-5H3. The molecule has 0 radical (unpaired) electrons. The summed E-state index contributed by atoms with van der Waals surface area (Å²) in [5.74, 6) is -0.941. The highest BCUT2D eigenvalue weighted by Crippen LogP contribution is 2.39. The van der Waals surface area contributed by atoms with Gasteiger partial charge in [0.05, 0.1) is 20.3 Å². The van der Waals surface area contributed by atoms with Crippen molar-refractivity contribution in [2.24, 2.45) is 5.73 Å². The molecule has 2 aromatic rings. The van der Waals surface area contributed by atoms with E-state index in [2.05, 4.69) is 26.9 Å². The van der Waals surface area contributed by atoms with Crippen LogP contribution >= 0.6 is 0 Å². The van der Waals surface area contributed by atoms with Crippen LogP contribution in [-0.2, 0) is 32.0 Å². The maximum Gasteiger partial charge on any atom is 0.355 e. The SMILES string of the molecule is CCC1(OC(=O)CCCN)C(=O)OCC2=C1Cc1nc3n(c1=C2O)Cc1c(cc(O)cc1[Si](C)(C)C(C)C)C=3. The summed E-state index contributed by atoms with van der Waals surface area (Å²) < 4.78 is 13.3. The topological polar surface area (TPSA) is 137 Å². The molecule has 1 aliphatic carbocycles. The number of fused-ring (bicyclic) bond motifs is 4. The van der Waals surface area contributed by atoms with Crippen molar-refractivity contribution in [3.05, 3.63) is 50.9 Å². The lowest BCUT2D eigenvalue weighted by Gasteiger charge is -2.38. The van der Waals surface area contributed by atoms with Gasteiger partial charge < -0.3 is 30.0 Å². The maximum atomic E-state index is 13.1. The van der Waals surface area contributed by atoms with Gasteiger partial charge >= 0.3 is 11.9 Å². The lowest BCUT2D eigenvalue weighted by atomic mass is 9.79. The van der Waals surface area contributed by atoms with E-state index in [0.29, 0.717) is 52.7 Å². The fourth-order valence-electron chi connectivity index (χ4n) is 5.85. The number of nitrogens with two attached hydrogens (primary N) is 1. The minimum absolute atomic E-state index is 0.00845. The van der Waals surface area contributed by atoms with Crippen LogP contribution in [0.3, 0.4) is 0 Å². The number of phenolic OH excluding ortho intramolecular Hbond substituents is 1. The summed E-state index contributed by atoms with van der Waals surface area (Å²) in [6.07, 6.45) is 2.89. The minimum Gasteiger partial charge on any atom is -0.508 e. The number of nitrogens with zero attached hydrogens (tertiary/aromatic N) is 2. The van der Waals surface area contributed by atoms with Crippen molar-refractivity contribution in [2.75, 3.05) is 13.2 Å². The Kier molecular flexibility index (Phi) is 6.75. The van der Waals surface area contributed by atoms with Crippen LogP contribution in [0.15, 0.2) is 23.3 Å². The van der Waals surface area contributed by atoms with Crippen molar-refractivity contribution < 1.29 is 29.3 Å². The number of aromatic hydroxyl groups is 1. The summed E-state index contributed by atoms with van der Waals surface area (Å²) in [6, 6.07) is 3.66. The molecule has 1 aromatic heterocycles. The summed E-state index contributed by atoms with van der Waals surface area (Å²) >= 11 is 0. The molecule has 39 heavy (non-hydrogen) atoms. The van der Waals surface area contributed by atoms with Crippen LogP contribution in [0, 0.1) is 0 Å². The van der Waals surface area contributed by atoms with Crippen molar-refractivity contribution >= 4 is 37.0 Å². The largest absolute Gasteiger partial charge is 0.508 e. The summed E-state index contributed by atoms with van der Waals surface area (Å²) in [5.41, 5.74) is 8.70. The quantitative estimate of drug-likeness (QED) is 0.298. The molecule has 3 heterocycles. The first-order valence-corrected chi connectivity index (χ1v) is 16.7. The van der Waals surface area contributed by atoms with E-state index in [1.807, 2.05) is 16.7 Å². The minimum atomic E-state index is -1.91. The molecule has 0 saturated heterocycles. The summed E-state index contributed by atoms with van der Waals surface area (Å²) in [6.45, 7) is 11.6. The summed E-state index contributed by atoms with van der Waals surface area (Å²) in [4.78, 5) is 30.6. The number of cyclic esters (lactones) is 1. The Labute approximate surface area is 228 Å². The lowest BCUT2D eigenvalue weighted by molar-refractivity contribution is -0.180. The number of aliphatic hydroxyl groups is 1. The molecule has 0 bridgehead atoms. The number of ether oxygens (including phenoxy) is 2. The monoisotopic (exact) mass is 551 g/mol. The number of hydrogen-bond acceptors (Lipinski definition) is 8. The van der Waals surface area contributed by atoms with E-state index in [1.54, 1.807) is 13.0 Å². The van der Waals surface area contributed by atoms with E-state index >= 15 is 0 Å². The van der Waals surface area contributed by atoms with Crippen molar-refractivity contribution in [1.29, 1.82) is 0 Å². The molecular formula is C29H37N3O6Si. The van der Waals surface area contributed by atoms with Crippen molar-refractivity contribution in [2.45, 2.75) is 77.2 Å². The number of phenols is 1. The van der Waals surface area contributed by atoms with Gasteiger partial charge in [0.1, 0.15) is 28.9 Å². The van der Waals surface area contributed by atoms with Crippen LogP contribution in [-0.4, -0.2) is 58.5 Å². The third kappa shape index (κ3) is 4.20. The number of esters is 2. The van der Waals surface area contributed by atoms with Gasteiger partial charge in [-0.05, 0) is 54.3 Å². The van der Waals surface area contributed by atoms with Crippen molar-refractivity contribution in [1.82, 2.24) is 9.55 Å². The van der Waals surface area contributed by atoms with Gasteiger partial charge in [0.2, 0.25) is 5.60 Å². The number of carbonyl (C=O) groups excluding carboxylic acids is 2. The highest BCUT2D eigenvalue weighted by Gasteiger charge is 2.52. The van der Waals surface area contributed by atoms with Crippen LogP contribution in [0.2, 0.25) is 18.6 Å². The molecule has 0 saturated carbocycles. The van der Waals surface area contributed by atoms with Gasteiger partial charge in [-0.2, -0.15) is 0 Å². The van der Waals surface area contributed by atoms with Crippen LogP contribution in [0.5, 0.6) is 5.75 Å². The summed E-state index contributed by atoms with van der Waals surface area (Å²) in [7, 11) is -1.91. The Morgan fingerprint density at radius 2 is 2.05 bits per heavy atom. The van der Waals surface area contributed by atoms with Gasteiger partial charge in [0.15, 0.2) is 0 Å². The van der Waals surface area contributed by atoms with E-state index in [-0.39, 0.29) is 37.4 Å². The van der Waals surface area contributed by atoms with Crippen LogP contribution in [0.1, 0.15) is 56.9 Å². The number of hydrogen-bond donors (Lipinski definition) is 3. The van der Waals surface area contributed by atoms with E-state index in [0.717, 1.165) is 11.1 Å². The van der Waals surface area contributed by atoms with Gasteiger partial charge in [-0.25, -0.2) is 9.78 Å². The van der Waals surface area contributed by atoms with Crippen molar-refractivity contribution in [3.63, 3.8) is 0 Å². The highest BCUT2D eigenvalue weighted by atomic mass is 28.3. The molecule has 0 amide bonds. The third-order valence-electron chi connectivity index (χ3n) is 8.83. The second-order valence-corrected chi connectivity index (χ2v) is 16.7. The first-order valence-electron chi connectivity index (χ1n) is 13.6. The van der Waals surface area contributed by atoms with E-state index in [1.165, 1.54) is 5.19 Å². The number of carbonyl (C=O) groups is 2. The highest BCUT2D eigenvalue weighted by molar-refractivity contribution is 6.91.